The van der Waals surface area contributed by atoms with Gasteiger partial charge in [0.1, 0.15) is 5.69 Å². The third-order valence-corrected chi connectivity index (χ3v) is 3.41. The van der Waals surface area contributed by atoms with Crippen molar-refractivity contribution in [3.8, 4) is 0 Å². The highest BCUT2D eigenvalue weighted by atomic mass is 16.1. The lowest BCUT2D eigenvalue weighted by Gasteiger charge is -2.02. The Kier molecular flexibility index (Phi) is 5.97. The Hall–Kier alpha value is -1.96. The van der Waals surface area contributed by atoms with Crippen LogP contribution in [0.25, 0.3) is 0 Å². The van der Waals surface area contributed by atoms with Crippen molar-refractivity contribution < 1.29 is 4.79 Å². The average molecular weight is 267 g/mol. The average Bonchev–Trinajstić information content (AvgIpc) is 2.52. The maximum atomic E-state index is 11.8. The van der Waals surface area contributed by atoms with Crippen LogP contribution in [0.15, 0.2) is 54.7 Å². The molecule has 0 aliphatic rings. The number of unbranched alkanes of at least 4 members (excludes halogenated alkanes) is 3. The minimum atomic E-state index is 0.161. The second-order valence-corrected chi connectivity index (χ2v) is 5.04. The molecule has 0 aliphatic heterocycles. The van der Waals surface area contributed by atoms with Crippen LogP contribution in [-0.4, -0.2) is 10.8 Å². The van der Waals surface area contributed by atoms with Gasteiger partial charge in [-0.15, -0.1) is 0 Å². The van der Waals surface area contributed by atoms with Crippen molar-refractivity contribution in [3.05, 3.63) is 66.0 Å². The van der Waals surface area contributed by atoms with Gasteiger partial charge in [-0.3, -0.25) is 9.78 Å². The molecule has 0 N–H and O–H groups in total. The minimum Gasteiger partial charge on any atom is -0.292 e. The monoisotopic (exact) mass is 267 g/mol. The lowest BCUT2D eigenvalue weighted by Crippen LogP contribution is -2.01. The summed E-state index contributed by atoms with van der Waals surface area (Å²) in [7, 11) is 0. The Balaban J connectivity index is 1.57. The van der Waals surface area contributed by atoms with E-state index < -0.39 is 0 Å². The molecule has 2 rings (SSSR count). The number of hydrogen-bond acceptors (Lipinski definition) is 2. The van der Waals surface area contributed by atoms with Crippen LogP contribution in [0.1, 0.15) is 48.2 Å². The van der Waals surface area contributed by atoms with E-state index in [-0.39, 0.29) is 5.78 Å². The van der Waals surface area contributed by atoms with E-state index in [1.165, 1.54) is 18.4 Å². The summed E-state index contributed by atoms with van der Waals surface area (Å²) in [4.78, 5) is 15.9. The normalized spacial score (nSPS) is 10.4. The van der Waals surface area contributed by atoms with Gasteiger partial charge in [-0.25, -0.2) is 0 Å². The molecule has 0 saturated carbocycles. The molecule has 2 nitrogen and oxygen atoms in total. The summed E-state index contributed by atoms with van der Waals surface area (Å²) < 4.78 is 0. The van der Waals surface area contributed by atoms with Gasteiger partial charge in [0.2, 0.25) is 0 Å². The highest BCUT2D eigenvalue weighted by Gasteiger charge is 2.05. The van der Waals surface area contributed by atoms with Gasteiger partial charge < -0.3 is 0 Å². The summed E-state index contributed by atoms with van der Waals surface area (Å²) >= 11 is 0. The molecule has 0 spiro atoms. The number of nitrogens with zero attached hydrogens (tertiary/aromatic N) is 1. The number of Topliss-reactive ketones (excluding diaryl/α,β-unsaturated/α-hetero) is 1. The molecule has 2 aromatic rings. The van der Waals surface area contributed by atoms with Gasteiger partial charge >= 0.3 is 0 Å². The van der Waals surface area contributed by atoms with Crippen LogP contribution in [0.4, 0.5) is 0 Å². The molecule has 0 radical (unpaired) electrons. The fourth-order valence-electron chi connectivity index (χ4n) is 2.27. The summed E-state index contributed by atoms with van der Waals surface area (Å²) in [6.45, 7) is 0. The summed E-state index contributed by atoms with van der Waals surface area (Å²) in [5.74, 6) is 0.161. The molecular formula is C18H21NO. The molecule has 0 aliphatic carbocycles. The number of carbonyl (C=O) groups is 1. The van der Waals surface area contributed by atoms with Crippen LogP contribution >= 0.6 is 0 Å². The van der Waals surface area contributed by atoms with Crippen molar-refractivity contribution in [2.75, 3.05) is 0 Å². The molecular weight excluding hydrogens is 246 g/mol. The predicted molar refractivity (Wildman–Crippen MR) is 81.8 cm³/mol. The second kappa shape index (κ2) is 8.26. The Morgan fingerprint density at radius 2 is 1.60 bits per heavy atom. The standard InChI is InChI=1S/C18H21NO/c20-18(17-13-8-9-15-19-17)14-7-2-1-4-10-16-11-5-3-6-12-16/h3,5-6,8-9,11-13,15H,1-2,4,7,10,14H2. The molecule has 0 bridgehead atoms. The Labute approximate surface area is 120 Å². The van der Waals surface area contributed by atoms with E-state index in [2.05, 4.69) is 29.2 Å². The smallest absolute Gasteiger partial charge is 0.181 e. The first-order chi connectivity index (χ1) is 9.86. The van der Waals surface area contributed by atoms with Crippen molar-refractivity contribution in [3.63, 3.8) is 0 Å². The molecule has 104 valence electrons. The highest BCUT2D eigenvalue weighted by molar-refractivity contribution is 5.94. The molecule has 2 heteroatoms. The van der Waals surface area contributed by atoms with Gasteiger partial charge in [-0.05, 0) is 37.0 Å². The number of hydrogen-bond donors (Lipinski definition) is 0. The quantitative estimate of drug-likeness (QED) is 0.522. The number of ketones is 1. The number of pyridine rings is 1. The number of aryl methyl sites for hydroxylation is 1. The van der Waals surface area contributed by atoms with Gasteiger partial charge in [-0.2, -0.15) is 0 Å². The van der Waals surface area contributed by atoms with Gasteiger partial charge in [0, 0.05) is 12.6 Å². The molecule has 1 aromatic heterocycles. The third kappa shape index (κ3) is 4.96. The zero-order valence-electron chi connectivity index (χ0n) is 11.8. The fraction of sp³-hybridized carbons (Fsp3) is 0.333. The summed E-state index contributed by atoms with van der Waals surface area (Å²) in [5, 5.41) is 0. The van der Waals surface area contributed by atoms with E-state index in [1.807, 2.05) is 18.2 Å². The highest BCUT2D eigenvalue weighted by Crippen LogP contribution is 2.10. The van der Waals surface area contributed by atoms with E-state index in [0.717, 1.165) is 19.3 Å². The van der Waals surface area contributed by atoms with Gasteiger partial charge in [0.25, 0.3) is 0 Å². The van der Waals surface area contributed by atoms with Crippen LogP contribution < -0.4 is 0 Å². The predicted octanol–water partition coefficient (Wildman–Crippen LogP) is 4.46. The molecule has 20 heavy (non-hydrogen) atoms. The Morgan fingerprint density at radius 1 is 0.850 bits per heavy atom. The topological polar surface area (TPSA) is 30.0 Å². The Bertz CT molecular complexity index is 507. The molecule has 0 fully saturated rings. The third-order valence-electron chi connectivity index (χ3n) is 3.41. The van der Waals surface area contributed by atoms with Crippen LogP contribution in [0.2, 0.25) is 0 Å². The molecule has 0 unspecified atom stereocenters. The first kappa shape index (κ1) is 14.4. The van der Waals surface area contributed by atoms with Crippen LogP contribution in [0.5, 0.6) is 0 Å². The van der Waals surface area contributed by atoms with Crippen LogP contribution in [0, 0.1) is 0 Å². The molecule has 0 atom stereocenters. The largest absolute Gasteiger partial charge is 0.292 e. The lowest BCUT2D eigenvalue weighted by atomic mass is 10.0. The summed E-state index contributed by atoms with van der Waals surface area (Å²) in [6, 6.07) is 16.0. The molecule has 0 amide bonds. The van der Waals surface area contributed by atoms with Crippen molar-refractivity contribution in [1.29, 1.82) is 0 Å². The number of benzene rings is 1. The zero-order chi connectivity index (χ0) is 14.0. The van der Waals surface area contributed by atoms with Gasteiger partial charge in [0.15, 0.2) is 5.78 Å². The molecule has 1 aromatic carbocycles. The van der Waals surface area contributed by atoms with Crippen molar-refractivity contribution in [2.24, 2.45) is 0 Å². The maximum absolute atomic E-state index is 11.8. The SMILES string of the molecule is O=C(CCCCCCc1ccccc1)c1ccccn1. The fourth-order valence-corrected chi connectivity index (χ4v) is 2.27. The van der Waals surface area contributed by atoms with Gasteiger partial charge in [-0.1, -0.05) is 49.2 Å². The lowest BCUT2D eigenvalue weighted by molar-refractivity contribution is 0.0974. The first-order valence-electron chi connectivity index (χ1n) is 7.34. The van der Waals surface area contributed by atoms with Crippen LogP contribution in [-0.2, 0) is 6.42 Å². The first-order valence-corrected chi connectivity index (χ1v) is 7.34. The number of carbonyl (C=O) groups excluding carboxylic acids is 1. The van der Waals surface area contributed by atoms with Crippen molar-refractivity contribution in [2.45, 2.75) is 38.5 Å². The summed E-state index contributed by atoms with van der Waals surface area (Å²) in [6.07, 6.45) is 7.88. The van der Waals surface area contributed by atoms with Crippen molar-refractivity contribution >= 4 is 5.78 Å². The number of aromatic nitrogens is 1. The van der Waals surface area contributed by atoms with Crippen molar-refractivity contribution in [1.82, 2.24) is 4.98 Å². The minimum absolute atomic E-state index is 0.161. The Morgan fingerprint density at radius 3 is 2.35 bits per heavy atom. The summed E-state index contributed by atoms with van der Waals surface area (Å²) in [5.41, 5.74) is 1.99. The molecule has 0 saturated heterocycles. The maximum Gasteiger partial charge on any atom is 0.181 e. The van der Waals surface area contributed by atoms with E-state index in [9.17, 15) is 4.79 Å². The van der Waals surface area contributed by atoms with E-state index in [4.69, 9.17) is 0 Å². The van der Waals surface area contributed by atoms with Crippen LogP contribution in [0.3, 0.4) is 0 Å². The van der Waals surface area contributed by atoms with Gasteiger partial charge in [0.05, 0.1) is 0 Å². The zero-order valence-corrected chi connectivity index (χ0v) is 11.8. The van der Waals surface area contributed by atoms with E-state index in [1.54, 1.807) is 12.3 Å². The molecule has 1 heterocycles. The number of rotatable bonds is 8. The van der Waals surface area contributed by atoms with E-state index >= 15 is 0 Å². The van der Waals surface area contributed by atoms with E-state index in [0.29, 0.717) is 12.1 Å². The second-order valence-electron chi connectivity index (χ2n) is 5.04.